The van der Waals surface area contributed by atoms with Crippen LogP contribution in [0.5, 0.6) is 0 Å². The number of primary amides is 1. The molecule has 0 aromatic carbocycles. The molecule has 7 N–H and O–H groups in total. The Bertz CT molecular complexity index is 367. The van der Waals surface area contributed by atoms with Crippen molar-refractivity contribution >= 4 is 17.8 Å². The van der Waals surface area contributed by atoms with Crippen molar-refractivity contribution < 1.29 is 9.59 Å². The highest BCUT2D eigenvalue weighted by Crippen LogP contribution is 2.08. The Morgan fingerprint density at radius 3 is 2.13 bits per heavy atom. The Hall–Kier alpha value is -1.79. The van der Waals surface area contributed by atoms with E-state index in [1.165, 1.54) is 25.7 Å². The summed E-state index contributed by atoms with van der Waals surface area (Å²) in [5.41, 5.74) is 15.8. The summed E-state index contributed by atoms with van der Waals surface area (Å²) in [7, 11) is 0. The van der Waals surface area contributed by atoms with Crippen molar-refractivity contribution in [3.8, 4) is 0 Å². The van der Waals surface area contributed by atoms with E-state index < -0.39 is 11.9 Å². The number of nitrogens with zero attached hydrogens (tertiary/aromatic N) is 1. The Morgan fingerprint density at radius 2 is 1.57 bits per heavy atom. The molecule has 1 atom stereocenters. The molecule has 0 aliphatic rings. The summed E-state index contributed by atoms with van der Waals surface area (Å²) in [5, 5.41) is 2.69. The normalized spacial score (nSPS) is 11.7. The molecular weight excluding hydrogens is 294 g/mol. The first-order valence-electron chi connectivity index (χ1n) is 8.61. The standard InChI is InChI=1S/C16H33N5O2/c1-2-3-4-5-6-7-8-11-14(22)21-13(15(17)23)10-9-12-20-16(18)19/h13H,2-12H2,1H3,(H2,17,23)(H,21,22)(H4,18,19,20)/t13-/m0/s1. The number of nitrogens with two attached hydrogens (primary N) is 3. The summed E-state index contributed by atoms with van der Waals surface area (Å²) in [6.07, 6.45) is 9.52. The zero-order valence-electron chi connectivity index (χ0n) is 14.4. The number of guanidine groups is 1. The molecule has 0 saturated carbocycles. The second-order valence-corrected chi connectivity index (χ2v) is 5.84. The van der Waals surface area contributed by atoms with Gasteiger partial charge in [0.1, 0.15) is 6.04 Å². The Kier molecular flexibility index (Phi) is 12.8. The first kappa shape index (κ1) is 21.2. The van der Waals surface area contributed by atoms with E-state index in [2.05, 4.69) is 17.2 Å². The van der Waals surface area contributed by atoms with Gasteiger partial charge in [-0.3, -0.25) is 14.6 Å². The molecule has 0 aromatic heterocycles. The van der Waals surface area contributed by atoms with E-state index in [0.29, 0.717) is 25.8 Å². The van der Waals surface area contributed by atoms with Gasteiger partial charge < -0.3 is 22.5 Å². The summed E-state index contributed by atoms with van der Waals surface area (Å²) in [5.74, 6) is -0.629. The summed E-state index contributed by atoms with van der Waals surface area (Å²) in [4.78, 5) is 27.0. The van der Waals surface area contributed by atoms with Crippen LogP contribution in [-0.2, 0) is 9.59 Å². The minimum Gasteiger partial charge on any atom is -0.370 e. The van der Waals surface area contributed by atoms with Crippen molar-refractivity contribution in [2.75, 3.05) is 6.54 Å². The molecule has 134 valence electrons. The lowest BCUT2D eigenvalue weighted by atomic mass is 10.1. The molecule has 0 spiro atoms. The number of unbranched alkanes of at least 4 members (excludes halogenated alkanes) is 6. The van der Waals surface area contributed by atoms with E-state index in [0.717, 1.165) is 19.3 Å². The molecule has 7 nitrogen and oxygen atoms in total. The summed E-state index contributed by atoms with van der Waals surface area (Å²) >= 11 is 0. The minimum absolute atomic E-state index is 0.0172. The maximum atomic E-state index is 11.8. The number of rotatable bonds is 14. The number of aliphatic imine (C=N–C) groups is 1. The van der Waals surface area contributed by atoms with Crippen LogP contribution in [0.15, 0.2) is 4.99 Å². The lowest BCUT2D eigenvalue weighted by Crippen LogP contribution is -2.44. The van der Waals surface area contributed by atoms with Gasteiger partial charge in [-0.15, -0.1) is 0 Å². The van der Waals surface area contributed by atoms with Crippen LogP contribution in [-0.4, -0.2) is 30.4 Å². The van der Waals surface area contributed by atoms with Gasteiger partial charge in [0.05, 0.1) is 0 Å². The lowest BCUT2D eigenvalue weighted by molar-refractivity contribution is -0.127. The van der Waals surface area contributed by atoms with Crippen LogP contribution >= 0.6 is 0 Å². The molecule has 0 aliphatic carbocycles. The first-order valence-corrected chi connectivity index (χ1v) is 8.61. The van der Waals surface area contributed by atoms with Gasteiger partial charge in [-0.2, -0.15) is 0 Å². The Labute approximate surface area is 139 Å². The smallest absolute Gasteiger partial charge is 0.240 e. The van der Waals surface area contributed by atoms with E-state index in [-0.39, 0.29) is 11.9 Å². The van der Waals surface area contributed by atoms with Gasteiger partial charge in [-0.25, -0.2) is 0 Å². The SMILES string of the molecule is CCCCCCCCCC(=O)N[C@@H](CCCN=C(N)N)C(N)=O. The van der Waals surface area contributed by atoms with E-state index in [1.54, 1.807) is 0 Å². The molecule has 7 heteroatoms. The van der Waals surface area contributed by atoms with Crippen molar-refractivity contribution in [2.24, 2.45) is 22.2 Å². The van der Waals surface area contributed by atoms with Crippen LogP contribution in [0.3, 0.4) is 0 Å². The molecule has 2 amide bonds. The predicted molar refractivity (Wildman–Crippen MR) is 93.6 cm³/mol. The molecule has 0 fully saturated rings. The van der Waals surface area contributed by atoms with Gasteiger partial charge >= 0.3 is 0 Å². The third kappa shape index (κ3) is 13.6. The lowest BCUT2D eigenvalue weighted by Gasteiger charge is -2.15. The molecule has 23 heavy (non-hydrogen) atoms. The minimum atomic E-state index is -0.652. The van der Waals surface area contributed by atoms with Crippen molar-refractivity contribution in [2.45, 2.75) is 77.2 Å². The van der Waals surface area contributed by atoms with E-state index in [1.807, 2.05) is 0 Å². The summed E-state index contributed by atoms with van der Waals surface area (Å²) in [6, 6.07) is -0.652. The number of hydrogen-bond donors (Lipinski definition) is 4. The maximum absolute atomic E-state index is 11.8. The fourth-order valence-electron chi connectivity index (χ4n) is 2.30. The average molecular weight is 327 g/mol. The van der Waals surface area contributed by atoms with E-state index in [9.17, 15) is 9.59 Å². The summed E-state index contributed by atoms with van der Waals surface area (Å²) < 4.78 is 0. The Morgan fingerprint density at radius 1 is 0.957 bits per heavy atom. The number of carbonyl (C=O) groups excluding carboxylic acids is 2. The zero-order chi connectivity index (χ0) is 17.5. The molecule has 0 heterocycles. The van der Waals surface area contributed by atoms with Crippen molar-refractivity contribution in [1.82, 2.24) is 5.32 Å². The monoisotopic (exact) mass is 327 g/mol. The topological polar surface area (TPSA) is 137 Å². The molecule has 0 saturated heterocycles. The number of nitrogens with one attached hydrogen (secondary N) is 1. The molecule has 0 radical (unpaired) electrons. The molecule has 0 bridgehead atoms. The Balaban J connectivity index is 3.84. The number of amides is 2. The van der Waals surface area contributed by atoms with Gasteiger partial charge in [-0.05, 0) is 19.3 Å². The van der Waals surface area contributed by atoms with Crippen LogP contribution < -0.4 is 22.5 Å². The van der Waals surface area contributed by atoms with Crippen molar-refractivity contribution in [3.05, 3.63) is 0 Å². The van der Waals surface area contributed by atoms with Crippen LogP contribution in [0.1, 0.15) is 71.1 Å². The van der Waals surface area contributed by atoms with Crippen LogP contribution in [0, 0.1) is 0 Å². The number of hydrogen-bond acceptors (Lipinski definition) is 3. The molecular formula is C16H33N5O2. The summed E-state index contributed by atoms with van der Waals surface area (Å²) in [6.45, 7) is 2.61. The van der Waals surface area contributed by atoms with Crippen LogP contribution in [0.2, 0.25) is 0 Å². The fourth-order valence-corrected chi connectivity index (χ4v) is 2.30. The molecule has 0 rings (SSSR count). The maximum Gasteiger partial charge on any atom is 0.240 e. The van der Waals surface area contributed by atoms with Crippen molar-refractivity contribution in [1.29, 1.82) is 0 Å². The van der Waals surface area contributed by atoms with E-state index >= 15 is 0 Å². The van der Waals surface area contributed by atoms with Gasteiger partial charge in [0, 0.05) is 13.0 Å². The average Bonchev–Trinajstić information content (AvgIpc) is 2.49. The molecule has 0 aromatic rings. The highest BCUT2D eigenvalue weighted by atomic mass is 16.2. The van der Waals surface area contributed by atoms with E-state index in [4.69, 9.17) is 17.2 Å². The van der Waals surface area contributed by atoms with Gasteiger partial charge in [0.2, 0.25) is 11.8 Å². The molecule has 0 unspecified atom stereocenters. The largest absolute Gasteiger partial charge is 0.370 e. The van der Waals surface area contributed by atoms with Gasteiger partial charge in [-0.1, -0.05) is 45.4 Å². The van der Waals surface area contributed by atoms with Crippen LogP contribution in [0.25, 0.3) is 0 Å². The quantitative estimate of drug-likeness (QED) is 0.216. The van der Waals surface area contributed by atoms with Crippen LogP contribution in [0.4, 0.5) is 0 Å². The third-order valence-electron chi connectivity index (χ3n) is 3.63. The third-order valence-corrected chi connectivity index (χ3v) is 3.63. The highest BCUT2D eigenvalue weighted by molar-refractivity contribution is 5.86. The first-order chi connectivity index (χ1) is 11.0. The molecule has 0 aliphatic heterocycles. The van der Waals surface area contributed by atoms with Gasteiger partial charge in [0.25, 0.3) is 0 Å². The van der Waals surface area contributed by atoms with Crippen molar-refractivity contribution in [3.63, 3.8) is 0 Å². The van der Waals surface area contributed by atoms with Gasteiger partial charge in [0.15, 0.2) is 5.96 Å². The number of carbonyl (C=O) groups is 2. The highest BCUT2D eigenvalue weighted by Gasteiger charge is 2.17. The zero-order valence-corrected chi connectivity index (χ0v) is 14.4. The fraction of sp³-hybridized carbons (Fsp3) is 0.812. The second-order valence-electron chi connectivity index (χ2n) is 5.84. The second kappa shape index (κ2) is 13.8. The predicted octanol–water partition coefficient (Wildman–Crippen LogP) is 1.15.